The number of hydroxylamine groups is 1. The molecule has 16 heavy (non-hydrogen) atoms. The molecule has 0 aliphatic heterocycles. The summed E-state index contributed by atoms with van der Waals surface area (Å²) in [5, 5.41) is 10.1. The molecule has 88 valence electrons. The molecule has 0 spiro atoms. The van der Waals surface area contributed by atoms with Crippen molar-refractivity contribution in [2.75, 3.05) is 5.32 Å². The summed E-state index contributed by atoms with van der Waals surface area (Å²) in [5.41, 5.74) is 2.43. The Balaban J connectivity index is 2.74. The number of halogens is 3. The van der Waals surface area contributed by atoms with Crippen LogP contribution >= 0.6 is 0 Å². The zero-order valence-corrected chi connectivity index (χ0v) is 8.01. The molecule has 1 rings (SSSR count). The normalized spacial score (nSPS) is 11.2. The van der Waals surface area contributed by atoms with Crippen LogP contribution < -0.4 is 10.8 Å². The second-order valence-electron chi connectivity index (χ2n) is 2.99. The maximum Gasteiger partial charge on any atom is 0.471 e. The van der Waals surface area contributed by atoms with E-state index in [1.807, 2.05) is 5.48 Å². The van der Waals surface area contributed by atoms with E-state index in [4.69, 9.17) is 5.21 Å². The highest BCUT2D eigenvalue weighted by Crippen LogP contribution is 2.18. The monoisotopic (exact) mass is 234 g/mol. The summed E-state index contributed by atoms with van der Waals surface area (Å²) < 4.78 is 35.8. The second-order valence-corrected chi connectivity index (χ2v) is 2.99. The van der Waals surface area contributed by atoms with Gasteiger partial charge in [-0.05, 0) is 17.7 Å². The molecule has 0 radical (unpaired) electrons. The van der Waals surface area contributed by atoms with Crippen LogP contribution in [0.5, 0.6) is 0 Å². The van der Waals surface area contributed by atoms with E-state index in [9.17, 15) is 18.0 Å². The van der Waals surface area contributed by atoms with Gasteiger partial charge in [0.1, 0.15) is 0 Å². The fraction of sp³-hybridized carbons (Fsp3) is 0.222. The molecule has 0 fully saturated rings. The van der Waals surface area contributed by atoms with E-state index in [0.29, 0.717) is 5.56 Å². The summed E-state index contributed by atoms with van der Waals surface area (Å²) in [6, 6.07) is 5.71. The number of anilines is 1. The average molecular weight is 234 g/mol. The van der Waals surface area contributed by atoms with Gasteiger partial charge in [-0.3, -0.25) is 4.79 Å². The van der Waals surface area contributed by atoms with E-state index < -0.39 is 12.1 Å². The molecule has 0 unspecified atom stereocenters. The number of carbonyl (C=O) groups is 1. The number of rotatable bonds is 3. The minimum absolute atomic E-state index is 0.0232. The summed E-state index contributed by atoms with van der Waals surface area (Å²) in [7, 11) is 0. The van der Waals surface area contributed by atoms with E-state index in [1.165, 1.54) is 18.2 Å². The quantitative estimate of drug-likeness (QED) is 0.697. The number of nitrogens with one attached hydrogen (secondary N) is 2. The minimum atomic E-state index is -4.91. The summed E-state index contributed by atoms with van der Waals surface area (Å²) in [6.07, 6.45) is -4.91. The molecule has 0 aromatic heterocycles. The van der Waals surface area contributed by atoms with Crippen LogP contribution in [-0.4, -0.2) is 17.3 Å². The maximum atomic E-state index is 11.9. The Labute approximate surface area is 89.0 Å². The molecular weight excluding hydrogens is 225 g/mol. The largest absolute Gasteiger partial charge is 0.471 e. The van der Waals surface area contributed by atoms with E-state index >= 15 is 0 Å². The number of alkyl halides is 3. The minimum Gasteiger partial charge on any atom is -0.318 e. The van der Waals surface area contributed by atoms with Crippen LogP contribution in [0.25, 0.3) is 0 Å². The van der Waals surface area contributed by atoms with Gasteiger partial charge in [0.15, 0.2) is 0 Å². The summed E-state index contributed by atoms with van der Waals surface area (Å²) in [4.78, 5) is 10.6. The molecule has 0 atom stereocenters. The van der Waals surface area contributed by atoms with Crippen molar-refractivity contribution >= 4 is 11.6 Å². The van der Waals surface area contributed by atoms with Crippen LogP contribution in [0.1, 0.15) is 5.56 Å². The number of amides is 1. The predicted molar refractivity (Wildman–Crippen MR) is 49.8 cm³/mol. The van der Waals surface area contributed by atoms with Crippen molar-refractivity contribution in [3.63, 3.8) is 0 Å². The molecule has 0 saturated carbocycles. The van der Waals surface area contributed by atoms with Gasteiger partial charge in [0, 0.05) is 12.2 Å². The lowest BCUT2D eigenvalue weighted by atomic mass is 10.2. The fourth-order valence-electron chi connectivity index (χ4n) is 1.05. The Bertz CT molecular complexity index is 379. The van der Waals surface area contributed by atoms with Gasteiger partial charge in [-0.15, -0.1) is 0 Å². The maximum absolute atomic E-state index is 11.9. The third-order valence-electron chi connectivity index (χ3n) is 1.73. The van der Waals surface area contributed by atoms with Crippen molar-refractivity contribution in [2.45, 2.75) is 12.7 Å². The molecule has 0 heterocycles. The number of benzene rings is 1. The molecule has 4 nitrogen and oxygen atoms in total. The van der Waals surface area contributed by atoms with Crippen molar-refractivity contribution in [3.05, 3.63) is 29.8 Å². The zero-order valence-electron chi connectivity index (χ0n) is 8.01. The zero-order chi connectivity index (χ0) is 12.2. The molecule has 3 N–H and O–H groups in total. The lowest BCUT2D eigenvalue weighted by Crippen LogP contribution is -2.29. The van der Waals surface area contributed by atoms with Gasteiger partial charge in [0.25, 0.3) is 0 Å². The van der Waals surface area contributed by atoms with Crippen LogP contribution in [0.3, 0.4) is 0 Å². The average Bonchev–Trinajstić information content (AvgIpc) is 2.17. The highest BCUT2D eigenvalue weighted by Gasteiger charge is 2.38. The molecular formula is C9H9F3N2O2. The SMILES string of the molecule is O=C(Nc1cccc(CNO)c1)C(F)(F)F. The number of hydrogen-bond donors (Lipinski definition) is 3. The second kappa shape index (κ2) is 4.95. The molecule has 0 bridgehead atoms. The van der Waals surface area contributed by atoms with E-state index in [-0.39, 0.29) is 12.2 Å². The van der Waals surface area contributed by atoms with Crippen molar-refractivity contribution in [1.82, 2.24) is 5.48 Å². The fourth-order valence-corrected chi connectivity index (χ4v) is 1.05. The first-order valence-corrected chi connectivity index (χ1v) is 4.27. The summed E-state index contributed by atoms with van der Waals surface area (Å²) in [6.45, 7) is 0.0791. The van der Waals surface area contributed by atoms with Crippen LogP contribution in [0.2, 0.25) is 0 Å². The highest BCUT2D eigenvalue weighted by molar-refractivity contribution is 5.94. The first-order chi connectivity index (χ1) is 7.43. The number of hydrogen-bond acceptors (Lipinski definition) is 3. The van der Waals surface area contributed by atoms with Crippen molar-refractivity contribution < 1.29 is 23.2 Å². The summed E-state index contributed by atoms with van der Waals surface area (Å²) in [5.74, 6) is -2.03. The lowest BCUT2D eigenvalue weighted by molar-refractivity contribution is -0.167. The molecule has 0 saturated heterocycles. The molecule has 1 aromatic rings. The Morgan fingerprint density at radius 3 is 2.62 bits per heavy atom. The lowest BCUT2D eigenvalue weighted by Gasteiger charge is -2.08. The van der Waals surface area contributed by atoms with Gasteiger partial charge >= 0.3 is 12.1 Å². The van der Waals surface area contributed by atoms with Crippen LogP contribution in [0.4, 0.5) is 18.9 Å². The predicted octanol–water partition coefficient (Wildman–Crippen LogP) is 1.67. The molecule has 1 aromatic carbocycles. The first-order valence-electron chi connectivity index (χ1n) is 4.27. The van der Waals surface area contributed by atoms with E-state index in [2.05, 4.69) is 0 Å². The van der Waals surface area contributed by atoms with E-state index in [1.54, 1.807) is 11.4 Å². The van der Waals surface area contributed by atoms with Gasteiger partial charge in [-0.2, -0.15) is 13.2 Å². The van der Waals surface area contributed by atoms with E-state index in [0.717, 1.165) is 0 Å². The highest BCUT2D eigenvalue weighted by atomic mass is 19.4. The van der Waals surface area contributed by atoms with Gasteiger partial charge < -0.3 is 10.5 Å². The van der Waals surface area contributed by atoms with Crippen LogP contribution in [0, 0.1) is 0 Å². The Kier molecular flexibility index (Phi) is 3.86. The smallest absolute Gasteiger partial charge is 0.318 e. The van der Waals surface area contributed by atoms with Gasteiger partial charge in [-0.25, -0.2) is 5.48 Å². The Morgan fingerprint density at radius 1 is 1.38 bits per heavy atom. The Morgan fingerprint density at radius 2 is 2.06 bits per heavy atom. The third kappa shape index (κ3) is 3.52. The van der Waals surface area contributed by atoms with Crippen LogP contribution in [0.15, 0.2) is 24.3 Å². The Hall–Kier alpha value is -1.60. The molecule has 0 aliphatic rings. The van der Waals surface area contributed by atoms with Crippen molar-refractivity contribution in [3.8, 4) is 0 Å². The third-order valence-corrected chi connectivity index (χ3v) is 1.73. The topological polar surface area (TPSA) is 61.4 Å². The van der Waals surface area contributed by atoms with Gasteiger partial charge in [0.05, 0.1) is 0 Å². The number of carbonyl (C=O) groups excluding carboxylic acids is 1. The van der Waals surface area contributed by atoms with Gasteiger partial charge in [0.2, 0.25) is 0 Å². The standard InChI is InChI=1S/C9H9F3N2O2/c10-9(11,12)8(15)14-7-3-1-2-6(4-7)5-13-16/h1-4,13,16H,5H2,(H,14,15). The molecule has 1 amide bonds. The molecule has 7 heteroatoms. The first kappa shape index (κ1) is 12.5. The van der Waals surface area contributed by atoms with Gasteiger partial charge in [-0.1, -0.05) is 12.1 Å². The summed E-state index contributed by atoms with van der Waals surface area (Å²) >= 11 is 0. The van der Waals surface area contributed by atoms with Crippen molar-refractivity contribution in [2.24, 2.45) is 0 Å². The van der Waals surface area contributed by atoms with Crippen molar-refractivity contribution in [1.29, 1.82) is 0 Å². The molecule has 0 aliphatic carbocycles. The van der Waals surface area contributed by atoms with Crippen LogP contribution in [-0.2, 0) is 11.3 Å².